The maximum Gasteiger partial charge on any atom is 0.433 e. The Hall–Kier alpha value is -1.63. The van der Waals surface area contributed by atoms with Gasteiger partial charge in [0.2, 0.25) is 5.91 Å². The van der Waals surface area contributed by atoms with Gasteiger partial charge < -0.3 is 10.6 Å². The van der Waals surface area contributed by atoms with Crippen molar-refractivity contribution in [3.05, 3.63) is 24.0 Å². The Morgan fingerprint density at radius 2 is 2.24 bits per heavy atom. The summed E-state index contributed by atoms with van der Waals surface area (Å²) < 4.78 is 37.3. The van der Waals surface area contributed by atoms with Gasteiger partial charge in [-0.1, -0.05) is 13.3 Å². The van der Waals surface area contributed by atoms with E-state index in [4.69, 9.17) is 0 Å². The molecule has 1 amide bonds. The van der Waals surface area contributed by atoms with Gasteiger partial charge in [0.05, 0.1) is 17.4 Å². The Morgan fingerprint density at radius 1 is 1.48 bits per heavy atom. The van der Waals surface area contributed by atoms with Crippen molar-refractivity contribution < 1.29 is 18.0 Å². The van der Waals surface area contributed by atoms with Crippen molar-refractivity contribution in [2.45, 2.75) is 44.3 Å². The van der Waals surface area contributed by atoms with E-state index in [-0.39, 0.29) is 11.6 Å². The van der Waals surface area contributed by atoms with Crippen molar-refractivity contribution >= 4 is 11.6 Å². The number of hydrogen-bond donors (Lipinski definition) is 2. The summed E-state index contributed by atoms with van der Waals surface area (Å²) >= 11 is 0. The number of nitrogens with zero attached hydrogens (tertiary/aromatic N) is 1. The number of nitrogens with one attached hydrogen (secondary N) is 2. The molecule has 2 rings (SSSR count). The molecule has 7 heteroatoms. The number of hydrogen-bond acceptors (Lipinski definition) is 3. The number of carbonyl (C=O) groups is 1. The first-order chi connectivity index (χ1) is 9.87. The van der Waals surface area contributed by atoms with Crippen molar-refractivity contribution in [3.63, 3.8) is 0 Å². The van der Waals surface area contributed by atoms with E-state index in [0.29, 0.717) is 6.42 Å². The van der Waals surface area contributed by atoms with E-state index >= 15 is 0 Å². The van der Waals surface area contributed by atoms with Gasteiger partial charge in [0.1, 0.15) is 5.69 Å². The molecule has 1 fully saturated rings. The van der Waals surface area contributed by atoms with Gasteiger partial charge >= 0.3 is 6.18 Å². The maximum atomic E-state index is 12.4. The SMILES string of the molecule is CCCC1(C(=O)Nc2ccc(C(F)(F)F)nc2)CCCN1. The molecule has 1 aliphatic rings. The summed E-state index contributed by atoms with van der Waals surface area (Å²) in [5, 5.41) is 5.87. The average Bonchev–Trinajstić information content (AvgIpc) is 2.89. The van der Waals surface area contributed by atoms with Crippen LogP contribution in [0.5, 0.6) is 0 Å². The third-order valence-electron chi connectivity index (χ3n) is 3.67. The zero-order valence-electron chi connectivity index (χ0n) is 11.8. The lowest BCUT2D eigenvalue weighted by molar-refractivity contribution is -0.141. The Morgan fingerprint density at radius 3 is 2.71 bits per heavy atom. The normalized spacial score (nSPS) is 22.3. The van der Waals surface area contributed by atoms with Crippen LogP contribution < -0.4 is 10.6 Å². The molecule has 0 aliphatic carbocycles. The molecular weight excluding hydrogens is 283 g/mol. The molecule has 116 valence electrons. The maximum absolute atomic E-state index is 12.4. The zero-order chi connectivity index (χ0) is 15.5. The number of alkyl halides is 3. The van der Waals surface area contributed by atoms with Gasteiger partial charge in [-0.3, -0.25) is 4.79 Å². The lowest BCUT2D eigenvalue weighted by Gasteiger charge is -2.27. The lowest BCUT2D eigenvalue weighted by Crippen LogP contribution is -2.50. The van der Waals surface area contributed by atoms with Gasteiger partial charge in [-0.05, 0) is 37.9 Å². The number of carbonyl (C=O) groups excluding carboxylic acids is 1. The highest BCUT2D eigenvalue weighted by molar-refractivity contribution is 5.98. The highest BCUT2D eigenvalue weighted by atomic mass is 19.4. The fourth-order valence-electron chi connectivity index (χ4n) is 2.64. The number of amides is 1. The van der Waals surface area contributed by atoms with E-state index in [1.54, 1.807) is 0 Å². The van der Waals surface area contributed by atoms with E-state index in [0.717, 1.165) is 38.1 Å². The molecule has 0 aromatic carbocycles. The third kappa shape index (κ3) is 3.53. The van der Waals surface area contributed by atoms with Gasteiger partial charge in [-0.2, -0.15) is 13.2 Å². The van der Waals surface area contributed by atoms with E-state index in [9.17, 15) is 18.0 Å². The van der Waals surface area contributed by atoms with Crippen molar-refractivity contribution in [2.75, 3.05) is 11.9 Å². The van der Waals surface area contributed by atoms with Gasteiger partial charge in [-0.15, -0.1) is 0 Å². The topological polar surface area (TPSA) is 54.0 Å². The minimum Gasteiger partial charge on any atom is -0.323 e. The summed E-state index contributed by atoms with van der Waals surface area (Å²) in [4.78, 5) is 15.7. The average molecular weight is 301 g/mol. The van der Waals surface area contributed by atoms with Crippen LogP contribution in [0.15, 0.2) is 18.3 Å². The summed E-state index contributed by atoms with van der Waals surface area (Å²) in [7, 11) is 0. The van der Waals surface area contributed by atoms with Crippen LogP contribution in [0, 0.1) is 0 Å². The minimum absolute atomic E-state index is 0.205. The number of aromatic nitrogens is 1. The van der Waals surface area contributed by atoms with E-state index < -0.39 is 17.4 Å². The van der Waals surface area contributed by atoms with Crippen molar-refractivity contribution in [1.29, 1.82) is 0 Å². The predicted molar refractivity (Wildman–Crippen MR) is 72.7 cm³/mol. The second-order valence-corrected chi connectivity index (χ2v) is 5.25. The van der Waals surface area contributed by atoms with Crippen molar-refractivity contribution in [3.8, 4) is 0 Å². The number of rotatable bonds is 4. The molecule has 1 saturated heterocycles. The Kier molecular flexibility index (Phi) is 4.51. The van der Waals surface area contributed by atoms with Crippen molar-refractivity contribution in [2.24, 2.45) is 0 Å². The Balaban J connectivity index is 2.08. The second kappa shape index (κ2) is 6.01. The molecular formula is C14H18F3N3O. The number of pyridine rings is 1. The highest BCUT2D eigenvalue weighted by Crippen LogP contribution is 2.29. The zero-order valence-corrected chi connectivity index (χ0v) is 11.8. The molecule has 0 spiro atoms. The van der Waals surface area contributed by atoms with E-state index in [2.05, 4.69) is 15.6 Å². The van der Waals surface area contributed by atoms with Crippen LogP contribution >= 0.6 is 0 Å². The Labute approximate surface area is 121 Å². The standard InChI is InChI=1S/C14H18F3N3O/c1-2-6-13(7-3-8-19-13)12(21)20-10-4-5-11(18-9-10)14(15,16)17/h4-5,9,19H,2-3,6-8H2,1H3,(H,20,21). The van der Waals surface area contributed by atoms with Crippen LogP contribution in [0.2, 0.25) is 0 Å². The van der Waals surface area contributed by atoms with Gasteiger partial charge in [-0.25, -0.2) is 4.98 Å². The molecule has 2 heterocycles. The van der Waals surface area contributed by atoms with E-state index in [1.165, 1.54) is 6.07 Å². The molecule has 0 saturated carbocycles. The second-order valence-electron chi connectivity index (χ2n) is 5.25. The molecule has 0 radical (unpaired) electrons. The number of anilines is 1. The molecule has 0 bridgehead atoms. The molecule has 1 atom stereocenters. The summed E-state index contributed by atoms with van der Waals surface area (Å²) in [5.74, 6) is -0.205. The summed E-state index contributed by atoms with van der Waals surface area (Å²) in [6.07, 6.45) is -0.230. The largest absolute Gasteiger partial charge is 0.433 e. The molecule has 21 heavy (non-hydrogen) atoms. The van der Waals surface area contributed by atoms with Crippen LogP contribution in [0.1, 0.15) is 38.3 Å². The molecule has 1 aromatic rings. The van der Waals surface area contributed by atoms with Crippen LogP contribution in [0.25, 0.3) is 0 Å². The number of halogens is 3. The molecule has 1 unspecified atom stereocenters. The third-order valence-corrected chi connectivity index (χ3v) is 3.67. The fraction of sp³-hybridized carbons (Fsp3) is 0.571. The van der Waals surface area contributed by atoms with E-state index in [1.807, 2.05) is 6.92 Å². The molecule has 1 aliphatic heterocycles. The fourth-order valence-corrected chi connectivity index (χ4v) is 2.64. The summed E-state index contributed by atoms with van der Waals surface area (Å²) in [6, 6.07) is 2.09. The lowest BCUT2D eigenvalue weighted by atomic mass is 9.91. The highest BCUT2D eigenvalue weighted by Gasteiger charge is 2.40. The quantitative estimate of drug-likeness (QED) is 0.899. The molecule has 1 aromatic heterocycles. The minimum atomic E-state index is -4.47. The molecule has 2 N–H and O–H groups in total. The smallest absolute Gasteiger partial charge is 0.323 e. The summed E-state index contributed by atoms with van der Waals surface area (Å²) in [6.45, 7) is 2.77. The Bertz CT molecular complexity index is 493. The van der Waals surface area contributed by atoms with Crippen LogP contribution in [-0.2, 0) is 11.0 Å². The molecule has 4 nitrogen and oxygen atoms in total. The van der Waals surface area contributed by atoms with Gasteiger partial charge in [0, 0.05) is 0 Å². The van der Waals surface area contributed by atoms with Crippen LogP contribution in [-0.4, -0.2) is 23.0 Å². The monoisotopic (exact) mass is 301 g/mol. The van der Waals surface area contributed by atoms with Crippen molar-refractivity contribution in [1.82, 2.24) is 10.3 Å². The van der Waals surface area contributed by atoms with Gasteiger partial charge in [0.25, 0.3) is 0 Å². The van der Waals surface area contributed by atoms with Crippen LogP contribution in [0.3, 0.4) is 0 Å². The first-order valence-corrected chi connectivity index (χ1v) is 6.97. The predicted octanol–water partition coefficient (Wildman–Crippen LogP) is 2.96. The summed E-state index contributed by atoms with van der Waals surface area (Å²) in [5.41, 5.74) is -1.31. The van der Waals surface area contributed by atoms with Gasteiger partial charge in [0.15, 0.2) is 0 Å². The first-order valence-electron chi connectivity index (χ1n) is 6.97. The first kappa shape index (κ1) is 15.8. The van der Waals surface area contributed by atoms with Crippen LogP contribution in [0.4, 0.5) is 18.9 Å².